The van der Waals surface area contributed by atoms with Gasteiger partial charge in [0.15, 0.2) is 5.76 Å². The van der Waals surface area contributed by atoms with Gasteiger partial charge in [0.1, 0.15) is 6.26 Å². The zero-order valence-corrected chi connectivity index (χ0v) is 9.34. The summed E-state index contributed by atoms with van der Waals surface area (Å²) in [7, 11) is 0. The van der Waals surface area contributed by atoms with Crippen molar-refractivity contribution in [1.29, 1.82) is 0 Å². The van der Waals surface area contributed by atoms with Crippen LogP contribution in [0.15, 0.2) is 29.3 Å². The average molecular weight is 249 g/mol. The van der Waals surface area contributed by atoms with Gasteiger partial charge in [-0.15, -0.1) is 0 Å². The van der Waals surface area contributed by atoms with E-state index in [0.717, 1.165) is 12.0 Å². The molecule has 0 spiro atoms. The van der Waals surface area contributed by atoms with Crippen molar-refractivity contribution in [2.45, 2.75) is 6.42 Å². The number of amides is 1. The van der Waals surface area contributed by atoms with Crippen LogP contribution in [-0.2, 0) is 6.42 Å². The van der Waals surface area contributed by atoms with Crippen molar-refractivity contribution in [3.05, 3.63) is 41.9 Å². The van der Waals surface area contributed by atoms with Gasteiger partial charge in [-0.2, -0.15) is 0 Å². The van der Waals surface area contributed by atoms with Gasteiger partial charge in [0.05, 0.1) is 11.9 Å². The van der Waals surface area contributed by atoms with E-state index in [4.69, 9.17) is 9.52 Å². The van der Waals surface area contributed by atoms with Crippen LogP contribution in [0.25, 0.3) is 0 Å². The van der Waals surface area contributed by atoms with Crippen molar-refractivity contribution in [1.82, 2.24) is 15.3 Å². The van der Waals surface area contributed by atoms with Crippen LogP contribution >= 0.6 is 0 Å². The SMILES string of the molecule is O=C(O)c1coc(C(=O)NCCc2cnc[nH]2)c1. The molecule has 2 rings (SSSR count). The smallest absolute Gasteiger partial charge is 0.338 e. The van der Waals surface area contributed by atoms with Crippen molar-refractivity contribution < 1.29 is 19.1 Å². The van der Waals surface area contributed by atoms with Gasteiger partial charge in [-0.3, -0.25) is 4.79 Å². The first-order valence-corrected chi connectivity index (χ1v) is 5.24. The van der Waals surface area contributed by atoms with Crippen LogP contribution in [0.3, 0.4) is 0 Å². The number of aromatic amines is 1. The average Bonchev–Trinajstić information content (AvgIpc) is 2.99. The Kier molecular flexibility index (Phi) is 3.42. The normalized spacial score (nSPS) is 10.2. The molecule has 18 heavy (non-hydrogen) atoms. The largest absolute Gasteiger partial charge is 0.478 e. The molecule has 0 aromatic carbocycles. The lowest BCUT2D eigenvalue weighted by atomic mass is 10.3. The lowest BCUT2D eigenvalue weighted by Crippen LogP contribution is -2.25. The molecule has 2 aromatic rings. The summed E-state index contributed by atoms with van der Waals surface area (Å²) in [6.45, 7) is 0.407. The van der Waals surface area contributed by atoms with Crippen LogP contribution in [-0.4, -0.2) is 33.5 Å². The summed E-state index contributed by atoms with van der Waals surface area (Å²) in [5.41, 5.74) is 0.856. The minimum atomic E-state index is -1.13. The molecule has 0 fully saturated rings. The van der Waals surface area contributed by atoms with Gasteiger partial charge >= 0.3 is 5.97 Å². The second-order valence-electron chi connectivity index (χ2n) is 3.59. The Morgan fingerprint density at radius 1 is 1.50 bits per heavy atom. The number of rotatable bonds is 5. The van der Waals surface area contributed by atoms with Crippen molar-refractivity contribution in [3.8, 4) is 0 Å². The van der Waals surface area contributed by atoms with Gasteiger partial charge < -0.3 is 19.8 Å². The van der Waals surface area contributed by atoms with Crippen molar-refractivity contribution in [2.24, 2.45) is 0 Å². The summed E-state index contributed by atoms with van der Waals surface area (Å²) in [6, 6.07) is 1.19. The van der Waals surface area contributed by atoms with Crippen LogP contribution in [0.1, 0.15) is 26.6 Å². The van der Waals surface area contributed by atoms with Gasteiger partial charge in [-0.1, -0.05) is 0 Å². The Hall–Kier alpha value is -2.57. The van der Waals surface area contributed by atoms with Crippen LogP contribution < -0.4 is 5.32 Å². The van der Waals surface area contributed by atoms with Gasteiger partial charge in [0.2, 0.25) is 0 Å². The Morgan fingerprint density at radius 3 is 2.94 bits per heavy atom. The van der Waals surface area contributed by atoms with Gasteiger partial charge in [0.25, 0.3) is 5.91 Å². The van der Waals surface area contributed by atoms with Crippen LogP contribution in [0.5, 0.6) is 0 Å². The number of carbonyl (C=O) groups is 2. The molecule has 0 aliphatic heterocycles. The highest BCUT2D eigenvalue weighted by atomic mass is 16.4. The number of imidazole rings is 1. The Balaban J connectivity index is 1.85. The Morgan fingerprint density at radius 2 is 2.33 bits per heavy atom. The van der Waals surface area contributed by atoms with Gasteiger partial charge in [-0.05, 0) is 0 Å². The van der Waals surface area contributed by atoms with E-state index in [1.54, 1.807) is 12.5 Å². The number of nitrogens with one attached hydrogen (secondary N) is 2. The molecule has 0 bridgehead atoms. The summed E-state index contributed by atoms with van der Waals surface area (Å²) in [4.78, 5) is 28.9. The van der Waals surface area contributed by atoms with Crippen molar-refractivity contribution >= 4 is 11.9 Å². The van der Waals surface area contributed by atoms with Crippen LogP contribution in [0, 0.1) is 0 Å². The standard InChI is InChI=1S/C11H11N3O4/c15-10(9-3-7(5-18-9)11(16)17)13-2-1-8-4-12-6-14-8/h3-6H,1-2H2,(H,12,14)(H,13,15)(H,16,17). The number of carboxylic acids is 1. The molecule has 3 N–H and O–H groups in total. The molecule has 94 valence electrons. The molecular weight excluding hydrogens is 238 g/mol. The molecule has 1 amide bonds. The summed E-state index contributed by atoms with van der Waals surface area (Å²) >= 11 is 0. The molecule has 2 aromatic heterocycles. The summed E-state index contributed by atoms with van der Waals surface area (Å²) in [5, 5.41) is 11.3. The zero-order chi connectivity index (χ0) is 13.0. The van der Waals surface area contributed by atoms with E-state index < -0.39 is 11.9 Å². The molecule has 0 unspecified atom stereocenters. The summed E-state index contributed by atoms with van der Waals surface area (Å²) in [5.74, 6) is -1.59. The Bertz CT molecular complexity index is 544. The molecule has 7 nitrogen and oxygen atoms in total. The third-order valence-corrected chi connectivity index (χ3v) is 2.30. The highest BCUT2D eigenvalue weighted by Gasteiger charge is 2.13. The lowest BCUT2D eigenvalue weighted by Gasteiger charge is -2.00. The second-order valence-corrected chi connectivity index (χ2v) is 3.59. The number of aromatic nitrogens is 2. The minimum absolute atomic E-state index is 0.0167. The van der Waals surface area contributed by atoms with E-state index in [1.165, 1.54) is 6.07 Å². The molecule has 0 atom stereocenters. The topological polar surface area (TPSA) is 108 Å². The highest BCUT2D eigenvalue weighted by molar-refractivity contribution is 5.95. The van der Waals surface area contributed by atoms with E-state index in [9.17, 15) is 9.59 Å². The first-order valence-electron chi connectivity index (χ1n) is 5.24. The predicted octanol–water partition coefficient (Wildman–Crippen LogP) is 0.673. The summed E-state index contributed by atoms with van der Waals surface area (Å²) < 4.78 is 4.86. The number of furan rings is 1. The molecule has 0 aliphatic rings. The Labute approximate surface area is 102 Å². The van der Waals surface area contributed by atoms with Crippen molar-refractivity contribution in [2.75, 3.05) is 6.54 Å². The molecule has 0 aliphatic carbocycles. The van der Waals surface area contributed by atoms with Crippen molar-refractivity contribution in [3.63, 3.8) is 0 Å². The maximum absolute atomic E-state index is 11.6. The maximum Gasteiger partial charge on any atom is 0.338 e. The van der Waals surface area contributed by atoms with E-state index >= 15 is 0 Å². The van der Waals surface area contributed by atoms with Gasteiger partial charge in [0, 0.05) is 30.9 Å². The molecular formula is C11H11N3O4. The minimum Gasteiger partial charge on any atom is -0.478 e. The van der Waals surface area contributed by atoms with Crippen LogP contribution in [0.4, 0.5) is 0 Å². The van der Waals surface area contributed by atoms with Gasteiger partial charge in [-0.25, -0.2) is 9.78 Å². The fraction of sp³-hybridized carbons (Fsp3) is 0.182. The number of H-pyrrole nitrogens is 1. The number of hydrogen-bond acceptors (Lipinski definition) is 4. The van der Waals surface area contributed by atoms with E-state index in [2.05, 4.69) is 15.3 Å². The number of carboxylic acid groups (broad SMARTS) is 1. The second kappa shape index (κ2) is 5.17. The molecule has 7 heteroatoms. The van der Waals surface area contributed by atoms with Crippen LogP contribution in [0.2, 0.25) is 0 Å². The number of carbonyl (C=O) groups excluding carboxylic acids is 1. The summed E-state index contributed by atoms with van der Waals surface area (Å²) in [6.07, 6.45) is 4.87. The highest BCUT2D eigenvalue weighted by Crippen LogP contribution is 2.07. The molecule has 0 saturated heterocycles. The fourth-order valence-corrected chi connectivity index (χ4v) is 1.39. The maximum atomic E-state index is 11.6. The number of hydrogen-bond donors (Lipinski definition) is 3. The van der Waals surface area contributed by atoms with E-state index in [0.29, 0.717) is 13.0 Å². The van der Waals surface area contributed by atoms with E-state index in [1.807, 2.05) is 0 Å². The first-order chi connectivity index (χ1) is 8.66. The first kappa shape index (κ1) is 11.9. The number of aromatic carboxylic acids is 1. The fourth-order valence-electron chi connectivity index (χ4n) is 1.39. The third kappa shape index (κ3) is 2.76. The molecule has 0 radical (unpaired) electrons. The quantitative estimate of drug-likeness (QED) is 0.721. The third-order valence-electron chi connectivity index (χ3n) is 2.30. The zero-order valence-electron chi connectivity index (χ0n) is 9.34. The predicted molar refractivity (Wildman–Crippen MR) is 60.3 cm³/mol. The monoisotopic (exact) mass is 249 g/mol. The lowest BCUT2D eigenvalue weighted by molar-refractivity contribution is 0.0696. The molecule has 2 heterocycles. The molecule has 0 saturated carbocycles. The number of nitrogens with zero attached hydrogens (tertiary/aromatic N) is 1. The van der Waals surface area contributed by atoms with E-state index in [-0.39, 0.29) is 11.3 Å².